The van der Waals surface area contributed by atoms with Gasteiger partial charge in [0, 0.05) is 23.3 Å². The maximum atomic E-state index is 11.8. The third-order valence-corrected chi connectivity index (χ3v) is 3.26. The third kappa shape index (κ3) is 4.67. The Bertz CT molecular complexity index is 653. The topological polar surface area (TPSA) is 40.9 Å². The molecule has 0 radical (unpaired) electrons. The molecule has 1 aliphatic rings. The lowest BCUT2D eigenvalue weighted by molar-refractivity contribution is 0.103. The first-order valence-corrected chi connectivity index (χ1v) is 7.24. The summed E-state index contributed by atoms with van der Waals surface area (Å²) in [4.78, 5) is 11.8. The minimum Gasteiger partial charge on any atom is -0.305 e. The van der Waals surface area contributed by atoms with Crippen LogP contribution in [-0.4, -0.2) is 11.5 Å². The molecule has 0 aliphatic heterocycles. The molecule has 0 unspecified atom stereocenters. The van der Waals surface area contributed by atoms with E-state index >= 15 is 0 Å². The Hall–Kier alpha value is -2.74. The average Bonchev–Trinajstić information content (AvgIpc) is 2.59. The Balaban J connectivity index is 0.000000188. The smallest absolute Gasteiger partial charge is 0.193 e. The van der Waals surface area contributed by atoms with Crippen LogP contribution in [0.25, 0.3) is 0 Å². The van der Waals surface area contributed by atoms with Crippen molar-refractivity contribution in [3.05, 3.63) is 95.6 Å². The van der Waals surface area contributed by atoms with Gasteiger partial charge in [-0.1, -0.05) is 78.4 Å². The summed E-state index contributed by atoms with van der Waals surface area (Å²) in [6.45, 7) is 2.04. The molecular formula is C20H19NO. The first-order chi connectivity index (χ1) is 10.7. The fraction of sp³-hybridized carbons (Fsp3) is 0.100. The van der Waals surface area contributed by atoms with E-state index in [4.69, 9.17) is 5.41 Å². The molecule has 0 fully saturated rings. The fourth-order valence-electron chi connectivity index (χ4n) is 1.98. The van der Waals surface area contributed by atoms with Crippen molar-refractivity contribution >= 4 is 11.5 Å². The number of ketones is 1. The molecule has 22 heavy (non-hydrogen) atoms. The van der Waals surface area contributed by atoms with Crippen molar-refractivity contribution in [3.63, 3.8) is 0 Å². The lowest BCUT2D eigenvalue weighted by Crippen LogP contribution is -1.99. The number of carbonyl (C=O) groups excluding carboxylic acids is 1. The second kappa shape index (κ2) is 7.89. The van der Waals surface area contributed by atoms with Crippen LogP contribution in [0.3, 0.4) is 0 Å². The van der Waals surface area contributed by atoms with Gasteiger partial charge in [-0.3, -0.25) is 4.79 Å². The lowest BCUT2D eigenvalue weighted by atomic mass is 10.0. The highest BCUT2D eigenvalue weighted by Crippen LogP contribution is 2.08. The molecule has 2 aromatic rings. The van der Waals surface area contributed by atoms with Gasteiger partial charge in [0.2, 0.25) is 0 Å². The summed E-state index contributed by atoms with van der Waals surface area (Å²) in [5.74, 6) is 0.0752. The molecule has 0 bridgehead atoms. The molecule has 0 spiro atoms. The van der Waals surface area contributed by atoms with Crippen molar-refractivity contribution in [2.24, 2.45) is 0 Å². The zero-order chi connectivity index (χ0) is 15.8. The van der Waals surface area contributed by atoms with Crippen LogP contribution in [0.4, 0.5) is 0 Å². The molecule has 0 saturated carbocycles. The van der Waals surface area contributed by atoms with Crippen molar-refractivity contribution in [2.45, 2.75) is 13.3 Å². The van der Waals surface area contributed by atoms with E-state index in [2.05, 4.69) is 6.08 Å². The number of allylic oxidation sites excluding steroid dienone is 4. The van der Waals surface area contributed by atoms with Crippen LogP contribution in [0.15, 0.2) is 84.5 Å². The van der Waals surface area contributed by atoms with E-state index in [0.29, 0.717) is 5.71 Å². The average molecular weight is 289 g/mol. The highest BCUT2D eigenvalue weighted by molar-refractivity contribution is 6.08. The Morgan fingerprint density at radius 1 is 0.864 bits per heavy atom. The largest absolute Gasteiger partial charge is 0.305 e. The Morgan fingerprint density at radius 3 is 1.73 bits per heavy atom. The molecule has 1 aliphatic carbocycles. The van der Waals surface area contributed by atoms with Gasteiger partial charge in [0.1, 0.15) is 0 Å². The molecule has 2 heteroatoms. The maximum absolute atomic E-state index is 11.8. The van der Waals surface area contributed by atoms with Gasteiger partial charge in [0.05, 0.1) is 0 Å². The monoisotopic (exact) mass is 289 g/mol. The minimum absolute atomic E-state index is 0.0752. The number of rotatable bonds is 2. The first-order valence-electron chi connectivity index (χ1n) is 7.24. The van der Waals surface area contributed by atoms with Crippen molar-refractivity contribution in [1.29, 1.82) is 5.41 Å². The Morgan fingerprint density at radius 2 is 1.36 bits per heavy atom. The molecule has 0 saturated heterocycles. The summed E-state index contributed by atoms with van der Waals surface area (Å²) >= 11 is 0. The molecule has 0 aromatic heterocycles. The molecule has 3 rings (SSSR count). The summed E-state index contributed by atoms with van der Waals surface area (Å²) in [5, 5.41) is 7.15. The van der Waals surface area contributed by atoms with E-state index in [1.165, 1.54) is 5.57 Å². The summed E-state index contributed by atoms with van der Waals surface area (Å²) in [7, 11) is 0. The summed E-state index contributed by atoms with van der Waals surface area (Å²) < 4.78 is 0. The van der Waals surface area contributed by atoms with Crippen LogP contribution in [0.5, 0.6) is 0 Å². The fourth-order valence-corrected chi connectivity index (χ4v) is 1.98. The predicted molar refractivity (Wildman–Crippen MR) is 91.6 cm³/mol. The van der Waals surface area contributed by atoms with Gasteiger partial charge in [-0.2, -0.15) is 0 Å². The molecule has 2 nitrogen and oxygen atoms in total. The quantitative estimate of drug-likeness (QED) is 0.790. The standard InChI is InChI=1S/C13H10O.C7H9N/c14-13(11-7-3-1-4-8-11)12-9-5-2-6-10-12;1-6-2-4-7(8)5-3-6/h1-10H;2-4,8H,5H2,1H3. The zero-order valence-corrected chi connectivity index (χ0v) is 12.6. The van der Waals surface area contributed by atoms with Gasteiger partial charge in [-0.05, 0) is 13.0 Å². The number of carbonyl (C=O) groups is 1. The van der Waals surface area contributed by atoms with E-state index in [1.807, 2.05) is 79.7 Å². The van der Waals surface area contributed by atoms with Crippen LogP contribution in [0.2, 0.25) is 0 Å². The second-order valence-corrected chi connectivity index (χ2v) is 5.07. The first kappa shape index (κ1) is 15.6. The lowest BCUT2D eigenvalue weighted by Gasteiger charge is -1.99. The number of nitrogens with one attached hydrogen (secondary N) is 1. The second-order valence-electron chi connectivity index (χ2n) is 5.07. The maximum Gasteiger partial charge on any atom is 0.193 e. The molecule has 0 atom stereocenters. The van der Waals surface area contributed by atoms with Gasteiger partial charge >= 0.3 is 0 Å². The third-order valence-electron chi connectivity index (χ3n) is 3.26. The van der Waals surface area contributed by atoms with Crippen LogP contribution < -0.4 is 0 Å². The van der Waals surface area contributed by atoms with Gasteiger partial charge < -0.3 is 5.41 Å². The van der Waals surface area contributed by atoms with Gasteiger partial charge in [0.25, 0.3) is 0 Å². The van der Waals surface area contributed by atoms with E-state index in [1.54, 1.807) is 0 Å². The molecular weight excluding hydrogens is 270 g/mol. The van der Waals surface area contributed by atoms with Crippen molar-refractivity contribution in [1.82, 2.24) is 0 Å². The number of benzene rings is 2. The molecule has 1 N–H and O–H groups in total. The SMILES string of the molecule is CC1=CCC(=N)C=C1.O=C(c1ccccc1)c1ccccc1. The highest BCUT2D eigenvalue weighted by Gasteiger charge is 2.06. The van der Waals surface area contributed by atoms with Crippen LogP contribution in [0.1, 0.15) is 29.3 Å². The molecule has 110 valence electrons. The molecule has 0 heterocycles. The summed E-state index contributed by atoms with van der Waals surface area (Å²) in [6.07, 6.45) is 6.67. The van der Waals surface area contributed by atoms with Gasteiger partial charge in [-0.15, -0.1) is 0 Å². The van der Waals surface area contributed by atoms with E-state index in [-0.39, 0.29) is 5.78 Å². The number of hydrogen-bond donors (Lipinski definition) is 1. The summed E-state index contributed by atoms with van der Waals surface area (Å²) in [6, 6.07) is 18.6. The van der Waals surface area contributed by atoms with E-state index in [0.717, 1.165) is 17.5 Å². The predicted octanol–water partition coefficient (Wildman–Crippen LogP) is 4.83. The Kier molecular flexibility index (Phi) is 5.61. The van der Waals surface area contributed by atoms with Gasteiger partial charge in [-0.25, -0.2) is 0 Å². The zero-order valence-electron chi connectivity index (χ0n) is 12.6. The highest BCUT2D eigenvalue weighted by atomic mass is 16.1. The van der Waals surface area contributed by atoms with Crippen LogP contribution in [-0.2, 0) is 0 Å². The van der Waals surface area contributed by atoms with Crippen molar-refractivity contribution < 1.29 is 4.79 Å². The molecule has 0 amide bonds. The Labute approximate surface area is 131 Å². The van der Waals surface area contributed by atoms with Crippen LogP contribution >= 0.6 is 0 Å². The van der Waals surface area contributed by atoms with Gasteiger partial charge in [0.15, 0.2) is 5.78 Å². The van der Waals surface area contributed by atoms with E-state index in [9.17, 15) is 4.79 Å². The van der Waals surface area contributed by atoms with Crippen molar-refractivity contribution in [3.8, 4) is 0 Å². The summed E-state index contributed by atoms with van der Waals surface area (Å²) in [5.41, 5.74) is 3.44. The van der Waals surface area contributed by atoms with E-state index < -0.39 is 0 Å². The minimum atomic E-state index is 0.0752. The van der Waals surface area contributed by atoms with Crippen molar-refractivity contribution in [2.75, 3.05) is 0 Å². The van der Waals surface area contributed by atoms with Crippen LogP contribution in [0, 0.1) is 5.41 Å². The normalized spacial score (nSPS) is 13.0. The number of hydrogen-bond acceptors (Lipinski definition) is 2. The molecule has 2 aromatic carbocycles.